The second-order valence-corrected chi connectivity index (χ2v) is 10.2. The van der Waals surface area contributed by atoms with Gasteiger partial charge in [-0.2, -0.15) is 0 Å². The molecule has 7 heteroatoms. The molecule has 0 unspecified atom stereocenters. The van der Waals surface area contributed by atoms with E-state index in [0.29, 0.717) is 36.9 Å². The topological polar surface area (TPSA) is 79.6 Å². The number of fused-ring (bicyclic) bond motifs is 1. The molecule has 2 aromatic carbocycles. The van der Waals surface area contributed by atoms with Crippen LogP contribution in [-0.4, -0.2) is 38.9 Å². The van der Waals surface area contributed by atoms with Gasteiger partial charge in [0.15, 0.2) is 5.76 Å². The van der Waals surface area contributed by atoms with E-state index in [1.165, 1.54) is 0 Å². The van der Waals surface area contributed by atoms with E-state index in [1.807, 2.05) is 36.4 Å². The molecule has 1 N–H and O–H groups in total. The number of carbonyl (C=O) groups excluding carboxylic acids is 1. The first kappa shape index (κ1) is 21.6. The molecule has 0 radical (unpaired) electrons. The molecule has 0 saturated carbocycles. The number of hydrogen-bond donors (Lipinski definition) is 1. The van der Waals surface area contributed by atoms with Crippen LogP contribution in [0.1, 0.15) is 48.7 Å². The maximum atomic E-state index is 12.8. The lowest BCUT2D eigenvalue weighted by atomic mass is 9.97. The molecule has 1 aliphatic rings. The second-order valence-electron chi connectivity index (χ2n) is 8.46. The van der Waals surface area contributed by atoms with Crippen LogP contribution in [0.2, 0.25) is 0 Å². The van der Waals surface area contributed by atoms with Crippen molar-refractivity contribution >= 4 is 26.9 Å². The average Bonchev–Trinajstić information content (AvgIpc) is 3.22. The molecule has 0 aliphatic carbocycles. The Hall–Kier alpha value is -2.64. The summed E-state index contributed by atoms with van der Waals surface area (Å²) < 4.78 is 33.7. The molecule has 1 saturated heterocycles. The minimum absolute atomic E-state index is 0.111. The van der Waals surface area contributed by atoms with Gasteiger partial charge in [0.2, 0.25) is 10.0 Å². The minimum Gasteiger partial charge on any atom is -0.451 e. The van der Waals surface area contributed by atoms with Crippen molar-refractivity contribution in [3.05, 3.63) is 65.9 Å². The normalized spacial score (nSPS) is 15.6. The van der Waals surface area contributed by atoms with Crippen LogP contribution in [0, 0.1) is 5.92 Å². The Kier molecular flexibility index (Phi) is 6.16. The van der Waals surface area contributed by atoms with Gasteiger partial charge in [0.05, 0.1) is 4.90 Å². The van der Waals surface area contributed by atoms with Crippen LogP contribution >= 0.6 is 0 Å². The van der Waals surface area contributed by atoms with Gasteiger partial charge in [0.1, 0.15) is 5.58 Å². The van der Waals surface area contributed by atoms with Gasteiger partial charge in [-0.1, -0.05) is 44.2 Å². The minimum atomic E-state index is -3.54. The highest BCUT2D eigenvalue weighted by atomic mass is 32.2. The molecule has 1 aliphatic heterocycles. The van der Waals surface area contributed by atoms with Crippen LogP contribution in [0.25, 0.3) is 11.0 Å². The fourth-order valence-electron chi connectivity index (χ4n) is 3.93. The fraction of sp³-hybridized carbons (Fsp3) is 0.375. The zero-order valence-corrected chi connectivity index (χ0v) is 18.7. The molecule has 4 rings (SSSR count). The lowest BCUT2D eigenvalue weighted by Crippen LogP contribution is -2.41. The van der Waals surface area contributed by atoms with Crippen molar-refractivity contribution in [2.45, 2.75) is 37.5 Å². The van der Waals surface area contributed by atoms with Crippen LogP contribution in [0.4, 0.5) is 0 Å². The molecular weight excluding hydrogens is 412 g/mol. The number of nitrogens with zero attached hydrogens (tertiary/aromatic N) is 1. The highest BCUT2D eigenvalue weighted by Crippen LogP contribution is 2.24. The summed E-state index contributed by atoms with van der Waals surface area (Å²) in [5, 5.41) is 0.913. The Labute approximate surface area is 183 Å². The molecule has 0 atom stereocenters. The second kappa shape index (κ2) is 8.85. The number of sulfonamides is 1. The predicted octanol–water partition coefficient (Wildman–Crippen LogP) is 4.39. The number of amides is 1. The molecule has 6 nitrogen and oxygen atoms in total. The Bertz CT molecular complexity index is 1120. The SMILES string of the molecule is CC(C)c1ccc(S(=O)(=O)NCC2CCN(C(=O)c3cc4ccccc4o3)CC2)cc1. The summed E-state index contributed by atoms with van der Waals surface area (Å²) >= 11 is 0. The summed E-state index contributed by atoms with van der Waals surface area (Å²) in [5.74, 6) is 0.798. The lowest BCUT2D eigenvalue weighted by Gasteiger charge is -2.31. The van der Waals surface area contributed by atoms with E-state index in [9.17, 15) is 13.2 Å². The summed E-state index contributed by atoms with van der Waals surface area (Å²) in [7, 11) is -3.54. The van der Waals surface area contributed by atoms with Crippen molar-refractivity contribution in [3.8, 4) is 0 Å². The Morgan fingerprint density at radius 1 is 1.10 bits per heavy atom. The van der Waals surface area contributed by atoms with Crippen molar-refractivity contribution in [2.75, 3.05) is 19.6 Å². The number of benzene rings is 2. The molecule has 1 fully saturated rings. The molecule has 1 aromatic heterocycles. The number of piperidine rings is 1. The largest absolute Gasteiger partial charge is 0.451 e. The van der Waals surface area contributed by atoms with E-state index in [2.05, 4.69) is 18.6 Å². The zero-order chi connectivity index (χ0) is 22.0. The average molecular weight is 441 g/mol. The van der Waals surface area contributed by atoms with Gasteiger partial charge in [-0.3, -0.25) is 4.79 Å². The molecule has 164 valence electrons. The maximum absolute atomic E-state index is 12.8. The predicted molar refractivity (Wildman–Crippen MR) is 121 cm³/mol. The van der Waals surface area contributed by atoms with E-state index in [0.717, 1.165) is 23.8 Å². The Morgan fingerprint density at radius 3 is 2.42 bits per heavy atom. The van der Waals surface area contributed by atoms with Crippen LogP contribution in [0.3, 0.4) is 0 Å². The van der Waals surface area contributed by atoms with E-state index >= 15 is 0 Å². The zero-order valence-electron chi connectivity index (χ0n) is 17.9. The summed E-state index contributed by atoms with van der Waals surface area (Å²) in [6.45, 7) is 5.71. The number of likely N-dealkylation sites (tertiary alicyclic amines) is 1. The van der Waals surface area contributed by atoms with E-state index in [1.54, 1.807) is 23.1 Å². The van der Waals surface area contributed by atoms with Gasteiger partial charge in [-0.05, 0) is 54.5 Å². The highest BCUT2D eigenvalue weighted by Gasteiger charge is 2.26. The first-order chi connectivity index (χ1) is 14.8. The van der Waals surface area contributed by atoms with Crippen molar-refractivity contribution in [3.63, 3.8) is 0 Å². The molecule has 3 aromatic rings. The van der Waals surface area contributed by atoms with Crippen LogP contribution in [0.5, 0.6) is 0 Å². The quantitative estimate of drug-likeness (QED) is 0.617. The Morgan fingerprint density at radius 2 is 1.77 bits per heavy atom. The van der Waals surface area contributed by atoms with Gasteiger partial charge in [-0.15, -0.1) is 0 Å². The summed E-state index contributed by atoms with van der Waals surface area (Å²) in [4.78, 5) is 14.8. The van der Waals surface area contributed by atoms with Gasteiger partial charge in [-0.25, -0.2) is 13.1 Å². The van der Waals surface area contributed by atoms with Gasteiger partial charge in [0.25, 0.3) is 5.91 Å². The van der Waals surface area contributed by atoms with Crippen molar-refractivity contribution in [2.24, 2.45) is 5.92 Å². The summed E-state index contributed by atoms with van der Waals surface area (Å²) in [5.41, 5.74) is 1.82. The van der Waals surface area contributed by atoms with E-state index < -0.39 is 10.0 Å². The van der Waals surface area contributed by atoms with Crippen LogP contribution in [0.15, 0.2) is 63.9 Å². The fourth-order valence-corrected chi connectivity index (χ4v) is 5.04. The van der Waals surface area contributed by atoms with E-state index in [-0.39, 0.29) is 16.7 Å². The Balaban J connectivity index is 1.31. The number of rotatable bonds is 6. The number of carbonyl (C=O) groups is 1. The maximum Gasteiger partial charge on any atom is 0.289 e. The molecule has 0 spiro atoms. The number of hydrogen-bond acceptors (Lipinski definition) is 4. The number of para-hydroxylation sites is 1. The van der Waals surface area contributed by atoms with Crippen LogP contribution < -0.4 is 4.72 Å². The standard InChI is InChI=1S/C24H28N2O4S/c1-17(2)19-7-9-21(10-8-19)31(28,29)25-16-18-11-13-26(14-12-18)24(27)23-15-20-5-3-4-6-22(20)30-23/h3-10,15,17-18,25H,11-14,16H2,1-2H3. The van der Waals surface area contributed by atoms with Gasteiger partial charge in [0, 0.05) is 25.0 Å². The monoisotopic (exact) mass is 440 g/mol. The van der Waals surface area contributed by atoms with Gasteiger partial charge >= 0.3 is 0 Å². The molecule has 31 heavy (non-hydrogen) atoms. The lowest BCUT2D eigenvalue weighted by molar-refractivity contribution is 0.0662. The third kappa shape index (κ3) is 4.83. The molecule has 1 amide bonds. The third-order valence-corrected chi connectivity index (χ3v) is 7.40. The molecule has 0 bridgehead atoms. The molecule has 2 heterocycles. The van der Waals surface area contributed by atoms with Crippen molar-refractivity contribution in [1.82, 2.24) is 9.62 Å². The van der Waals surface area contributed by atoms with Crippen LogP contribution in [-0.2, 0) is 10.0 Å². The van der Waals surface area contributed by atoms with Gasteiger partial charge < -0.3 is 9.32 Å². The van der Waals surface area contributed by atoms with Crippen molar-refractivity contribution in [1.29, 1.82) is 0 Å². The first-order valence-corrected chi connectivity index (χ1v) is 12.2. The number of furan rings is 1. The van der Waals surface area contributed by atoms with E-state index in [4.69, 9.17) is 4.42 Å². The first-order valence-electron chi connectivity index (χ1n) is 10.7. The summed E-state index contributed by atoms with van der Waals surface area (Å²) in [6, 6.07) is 16.4. The van der Waals surface area contributed by atoms with Crippen molar-refractivity contribution < 1.29 is 17.6 Å². The number of nitrogens with one attached hydrogen (secondary N) is 1. The highest BCUT2D eigenvalue weighted by molar-refractivity contribution is 7.89. The molecular formula is C24H28N2O4S. The summed E-state index contributed by atoms with van der Waals surface area (Å²) in [6.07, 6.45) is 1.50. The smallest absolute Gasteiger partial charge is 0.289 e. The third-order valence-electron chi connectivity index (χ3n) is 5.96.